The van der Waals surface area contributed by atoms with Crippen LogP contribution in [0, 0.1) is 0 Å². The Morgan fingerprint density at radius 3 is 1.91 bits per heavy atom. The Bertz CT molecular complexity index is 53.9. The van der Waals surface area contributed by atoms with Crippen molar-refractivity contribution in [3.05, 3.63) is 0 Å². The van der Waals surface area contributed by atoms with E-state index in [0.717, 1.165) is 0 Å². The fourth-order valence-electron chi connectivity index (χ4n) is 1.20. The fourth-order valence-corrected chi connectivity index (χ4v) is 2.61. The summed E-state index contributed by atoms with van der Waals surface area (Å²) in [6.07, 6.45) is 10.3. The van der Waals surface area contributed by atoms with Gasteiger partial charge in [-0.25, -0.2) is 0 Å². The van der Waals surface area contributed by atoms with E-state index in [0.29, 0.717) is 20.9 Å². The van der Waals surface area contributed by atoms with Crippen LogP contribution in [0.4, 0.5) is 0 Å². The maximum absolute atomic E-state index is 2.40. The molecule has 0 aliphatic rings. The van der Waals surface area contributed by atoms with Crippen LogP contribution in [0.15, 0.2) is 0 Å². The summed E-state index contributed by atoms with van der Waals surface area (Å²) in [7, 11) is 0. The molecule has 0 radical (unpaired) electrons. The molecule has 0 aliphatic carbocycles. The van der Waals surface area contributed by atoms with Gasteiger partial charge < -0.3 is 0 Å². The Hall–Kier alpha value is 0.790. The van der Waals surface area contributed by atoms with Gasteiger partial charge in [0.05, 0.1) is 0 Å². The first-order valence-corrected chi connectivity index (χ1v) is 8.88. The van der Waals surface area contributed by atoms with Crippen LogP contribution in [0.1, 0.15) is 51.9 Å². The van der Waals surface area contributed by atoms with Crippen LogP contribution in [-0.4, -0.2) is 20.9 Å². The molecule has 0 unspecified atom stereocenters. The summed E-state index contributed by atoms with van der Waals surface area (Å²) in [4.78, 5) is 2.40. The summed E-state index contributed by atoms with van der Waals surface area (Å²) in [6.45, 7) is 2.28. The van der Waals surface area contributed by atoms with Gasteiger partial charge in [-0.2, -0.15) is 0 Å². The quantitative estimate of drug-likeness (QED) is 0.463. The van der Waals surface area contributed by atoms with Crippen LogP contribution in [0.2, 0.25) is 9.44 Å². The number of unbranched alkanes of at least 4 members (excludes halogenated alkanes) is 6. The van der Waals surface area contributed by atoms with Crippen LogP contribution >= 0.6 is 0 Å². The van der Waals surface area contributed by atoms with Crippen molar-refractivity contribution in [2.24, 2.45) is 0 Å². The van der Waals surface area contributed by atoms with E-state index in [9.17, 15) is 0 Å². The molecule has 0 aliphatic heterocycles. The average Bonchev–Trinajstić information content (AvgIpc) is 2.03. The second-order valence-electron chi connectivity index (χ2n) is 3.11. The molecule has 0 N–H and O–H groups in total. The molecule has 0 spiro atoms. The van der Waals surface area contributed by atoms with Gasteiger partial charge in [0.25, 0.3) is 0 Å². The van der Waals surface area contributed by atoms with Crippen molar-refractivity contribution in [3.8, 4) is 0 Å². The number of hydrogen-bond acceptors (Lipinski definition) is 0. The third kappa shape index (κ3) is 10.8. The monoisotopic (exact) mass is 272 g/mol. The summed E-state index contributed by atoms with van der Waals surface area (Å²) >= 11 is 0.434. The molecule has 0 rings (SSSR count). The Labute approximate surface area is 82.2 Å². The zero-order valence-electron chi connectivity index (χ0n) is 8.07. The average molecular weight is 270 g/mol. The van der Waals surface area contributed by atoms with Crippen LogP contribution in [0.5, 0.6) is 0 Å². The van der Waals surface area contributed by atoms with Crippen LogP contribution in [0.25, 0.3) is 0 Å². The van der Waals surface area contributed by atoms with Gasteiger partial charge in [-0.05, 0) is 0 Å². The van der Waals surface area contributed by atoms with Crippen molar-refractivity contribution in [3.63, 3.8) is 0 Å². The van der Waals surface area contributed by atoms with Crippen molar-refractivity contribution in [2.45, 2.75) is 61.3 Å². The van der Waals surface area contributed by atoms with Gasteiger partial charge in [-0.1, -0.05) is 0 Å². The van der Waals surface area contributed by atoms with E-state index in [-0.39, 0.29) is 0 Å². The Kier molecular flexibility index (Phi) is 11.6. The van der Waals surface area contributed by atoms with Gasteiger partial charge in [0, 0.05) is 0 Å². The molecule has 0 aromatic rings. The molecule has 0 amide bonds. The Balaban J connectivity index is 2.69. The molecule has 68 valence electrons. The molecule has 0 saturated heterocycles. The summed E-state index contributed by atoms with van der Waals surface area (Å²) in [6, 6.07) is 0. The molecule has 0 saturated carbocycles. The first-order valence-electron chi connectivity index (χ1n) is 4.90. The first kappa shape index (κ1) is 11.8. The minimum absolute atomic E-state index is 0.434. The SMILES string of the molecule is CCCCCCCCC[Te]C. The molecular formula is C10H22Te. The van der Waals surface area contributed by atoms with Crippen molar-refractivity contribution in [1.29, 1.82) is 0 Å². The predicted molar refractivity (Wildman–Crippen MR) is 54.4 cm³/mol. The summed E-state index contributed by atoms with van der Waals surface area (Å²) in [5.41, 5.74) is 0. The second kappa shape index (κ2) is 10.8. The number of rotatable bonds is 8. The van der Waals surface area contributed by atoms with E-state index in [2.05, 4.69) is 11.9 Å². The van der Waals surface area contributed by atoms with Crippen molar-refractivity contribution < 1.29 is 0 Å². The Morgan fingerprint density at radius 1 is 0.818 bits per heavy atom. The standard InChI is InChI=1S/C10H22Te/c1-3-4-5-6-7-8-9-10-11-2/h3-10H2,1-2H3. The van der Waals surface area contributed by atoms with Crippen molar-refractivity contribution in [2.75, 3.05) is 0 Å². The van der Waals surface area contributed by atoms with Gasteiger partial charge in [-0.15, -0.1) is 0 Å². The third-order valence-electron chi connectivity index (χ3n) is 1.95. The molecule has 0 atom stereocenters. The molecule has 0 fully saturated rings. The normalized spacial score (nSPS) is 10.4. The molecule has 0 heterocycles. The van der Waals surface area contributed by atoms with Gasteiger partial charge in [0.1, 0.15) is 0 Å². The van der Waals surface area contributed by atoms with Gasteiger partial charge in [0.2, 0.25) is 0 Å². The van der Waals surface area contributed by atoms with Crippen LogP contribution < -0.4 is 0 Å². The third-order valence-corrected chi connectivity index (χ3v) is 3.94. The molecule has 0 bridgehead atoms. The minimum atomic E-state index is 0.434. The molecule has 0 aromatic heterocycles. The van der Waals surface area contributed by atoms with Crippen molar-refractivity contribution in [1.82, 2.24) is 0 Å². The summed E-state index contributed by atoms with van der Waals surface area (Å²) in [5.74, 6) is 0. The zero-order chi connectivity index (χ0) is 8.36. The maximum atomic E-state index is 2.40. The van der Waals surface area contributed by atoms with E-state index in [4.69, 9.17) is 0 Å². The Morgan fingerprint density at radius 2 is 1.36 bits per heavy atom. The second-order valence-corrected chi connectivity index (χ2v) is 5.93. The molecular weight excluding hydrogens is 248 g/mol. The number of hydrogen-bond donors (Lipinski definition) is 0. The van der Waals surface area contributed by atoms with Gasteiger partial charge in [-0.3, -0.25) is 0 Å². The molecule has 11 heavy (non-hydrogen) atoms. The van der Waals surface area contributed by atoms with E-state index in [1.807, 2.05) is 0 Å². The first-order chi connectivity index (χ1) is 5.41. The van der Waals surface area contributed by atoms with E-state index in [1.54, 1.807) is 4.47 Å². The van der Waals surface area contributed by atoms with Gasteiger partial charge >= 0.3 is 82.2 Å². The van der Waals surface area contributed by atoms with Crippen LogP contribution in [-0.2, 0) is 0 Å². The topological polar surface area (TPSA) is 0 Å². The van der Waals surface area contributed by atoms with Crippen molar-refractivity contribution >= 4 is 20.9 Å². The van der Waals surface area contributed by atoms with E-state index in [1.165, 1.54) is 44.9 Å². The predicted octanol–water partition coefficient (Wildman–Crippen LogP) is 3.91. The molecule has 0 nitrogen and oxygen atoms in total. The zero-order valence-corrected chi connectivity index (χ0v) is 10.4. The molecule has 1 heteroatoms. The van der Waals surface area contributed by atoms with E-state index < -0.39 is 0 Å². The van der Waals surface area contributed by atoms with Crippen LogP contribution in [0.3, 0.4) is 0 Å². The fraction of sp³-hybridized carbons (Fsp3) is 1.00. The van der Waals surface area contributed by atoms with Gasteiger partial charge in [0.15, 0.2) is 0 Å². The van der Waals surface area contributed by atoms with E-state index >= 15 is 0 Å². The molecule has 0 aromatic carbocycles. The summed E-state index contributed by atoms with van der Waals surface area (Å²) in [5, 5.41) is 0. The summed E-state index contributed by atoms with van der Waals surface area (Å²) < 4.78 is 1.57.